The molecule has 32 heavy (non-hydrogen) atoms. The summed E-state index contributed by atoms with van der Waals surface area (Å²) in [6.45, 7) is 1.78. The minimum absolute atomic E-state index is 0.0125. The number of nitrogens with one attached hydrogen (secondary N) is 2. The molecule has 0 spiro atoms. The third kappa shape index (κ3) is 4.68. The Morgan fingerprint density at radius 2 is 1.91 bits per heavy atom. The van der Waals surface area contributed by atoms with E-state index in [-0.39, 0.29) is 16.8 Å². The Kier molecular flexibility index (Phi) is 6.03. The molecule has 1 saturated carbocycles. The summed E-state index contributed by atoms with van der Waals surface area (Å²) in [5.74, 6) is 0.978. The minimum atomic E-state index is -3.67. The fraction of sp³-hybridized carbons (Fsp3) is 0.304. The highest BCUT2D eigenvalue weighted by atomic mass is 32.2. The molecule has 0 radical (unpaired) electrons. The molecule has 2 aromatic carbocycles. The van der Waals surface area contributed by atoms with E-state index in [1.807, 2.05) is 35.9 Å². The zero-order chi connectivity index (χ0) is 22.9. The zero-order valence-electron chi connectivity index (χ0n) is 18.2. The molecule has 0 aliphatic heterocycles. The molecule has 0 saturated heterocycles. The van der Waals surface area contributed by atoms with Gasteiger partial charge in [0, 0.05) is 31.0 Å². The average molecular weight is 455 g/mol. The van der Waals surface area contributed by atoms with Crippen LogP contribution in [0.4, 0.5) is 0 Å². The van der Waals surface area contributed by atoms with E-state index in [9.17, 15) is 13.2 Å². The summed E-state index contributed by atoms with van der Waals surface area (Å²) in [7, 11) is -0.222. The van der Waals surface area contributed by atoms with Gasteiger partial charge >= 0.3 is 0 Å². The highest BCUT2D eigenvalue weighted by Gasteiger charge is 2.29. The van der Waals surface area contributed by atoms with Gasteiger partial charge in [0.25, 0.3) is 5.91 Å². The molecule has 8 nitrogen and oxygen atoms in total. The fourth-order valence-electron chi connectivity index (χ4n) is 3.46. The summed E-state index contributed by atoms with van der Waals surface area (Å²) in [6, 6.07) is 11.4. The molecule has 4 rings (SSSR count). The number of carbonyl (C=O) groups is 1. The normalized spacial score (nSPS) is 14.7. The second kappa shape index (κ2) is 8.76. The van der Waals surface area contributed by atoms with E-state index < -0.39 is 16.1 Å². The number of amides is 1. The van der Waals surface area contributed by atoms with Crippen molar-refractivity contribution in [3.8, 4) is 5.75 Å². The van der Waals surface area contributed by atoms with Crippen LogP contribution in [0, 0.1) is 6.92 Å². The van der Waals surface area contributed by atoms with Crippen molar-refractivity contribution in [2.75, 3.05) is 7.11 Å². The quantitative estimate of drug-likeness (QED) is 0.545. The van der Waals surface area contributed by atoms with Gasteiger partial charge in [-0.3, -0.25) is 4.79 Å². The van der Waals surface area contributed by atoms with E-state index in [4.69, 9.17) is 4.74 Å². The van der Waals surface area contributed by atoms with Gasteiger partial charge in [0.1, 0.15) is 17.6 Å². The van der Waals surface area contributed by atoms with Crippen LogP contribution in [-0.4, -0.2) is 37.0 Å². The van der Waals surface area contributed by atoms with Gasteiger partial charge in [-0.25, -0.2) is 18.1 Å². The third-order valence-electron chi connectivity index (χ3n) is 5.50. The van der Waals surface area contributed by atoms with Gasteiger partial charge < -0.3 is 14.6 Å². The standard InChI is InChI=1S/C23H26N4O4S/c1-15-4-11-19(32(29,30)26-17-7-8-17)14-20(15)23(28)25-21(22-24-12-13-27(22)2)16-5-9-18(31-3)10-6-16/h4-6,9-14,17,21,26H,7-8H2,1-3H3,(H,25,28). The minimum Gasteiger partial charge on any atom is -0.497 e. The van der Waals surface area contributed by atoms with Crippen molar-refractivity contribution < 1.29 is 17.9 Å². The number of aromatic nitrogens is 2. The first kappa shape index (κ1) is 22.0. The lowest BCUT2D eigenvalue weighted by Crippen LogP contribution is -2.32. The molecule has 1 fully saturated rings. The molecule has 1 amide bonds. The maximum atomic E-state index is 13.3. The van der Waals surface area contributed by atoms with E-state index in [0.29, 0.717) is 22.7 Å². The van der Waals surface area contributed by atoms with Crippen molar-refractivity contribution in [2.45, 2.75) is 36.7 Å². The fourth-order valence-corrected chi connectivity index (χ4v) is 4.79. The molecular formula is C23H26N4O4S. The van der Waals surface area contributed by atoms with Gasteiger partial charge in [-0.1, -0.05) is 18.2 Å². The number of nitrogens with zero attached hydrogens (tertiary/aromatic N) is 2. The van der Waals surface area contributed by atoms with Crippen LogP contribution in [0.25, 0.3) is 0 Å². The number of carbonyl (C=O) groups excluding carboxylic acids is 1. The zero-order valence-corrected chi connectivity index (χ0v) is 19.0. The molecule has 9 heteroatoms. The molecule has 1 aliphatic rings. The van der Waals surface area contributed by atoms with Crippen LogP contribution in [0.15, 0.2) is 59.8 Å². The molecule has 1 atom stereocenters. The smallest absolute Gasteiger partial charge is 0.252 e. The maximum Gasteiger partial charge on any atom is 0.252 e. The van der Waals surface area contributed by atoms with E-state index in [0.717, 1.165) is 18.4 Å². The second-order valence-corrected chi connectivity index (χ2v) is 9.66. The van der Waals surface area contributed by atoms with Crippen molar-refractivity contribution >= 4 is 15.9 Å². The molecule has 1 aromatic heterocycles. The number of rotatable bonds is 8. The second-order valence-electron chi connectivity index (χ2n) is 7.95. The maximum absolute atomic E-state index is 13.3. The molecular weight excluding hydrogens is 428 g/mol. The van der Waals surface area contributed by atoms with Crippen LogP contribution in [0.5, 0.6) is 5.75 Å². The molecule has 1 unspecified atom stereocenters. The SMILES string of the molecule is COc1ccc(C(NC(=O)c2cc(S(=O)(=O)NC3CC3)ccc2C)c2nccn2C)cc1. The number of ether oxygens (including phenoxy) is 1. The number of aryl methyl sites for hydroxylation is 2. The Morgan fingerprint density at radius 3 is 2.50 bits per heavy atom. The number of sulfonamides is 1. The first-order valence-electron chi connectivity index (χ1n) is 10.3. The third-order valence-corrected chi connectivity index (χ3v) is 7.02. The number of imidazole rings is 1. The summed E-state index contributed by atoms with van der Waals surface area (Å²) < 4.78 is 35.0. The van der Waals surface area contributed by atoms with Crippen LogP contribution >= 0.6 is 0 Å². The number of benzene rings is 2. The monoisotopic (exact) mass is 454 g/mol. The number of methoxy groups -OCH3 is 1. The largest absolute Gasteiger partial charge is 0.497 e. The van der Waals surface area contributed by atoms with Gasteiger partial charge in [-0.15, -0.1) is 0 Å². The summed E-state index contributed by atoms with van der Waals surface area (Å²) in [5.41, 5.74) is 1.81. The Labute approximate surface area is 187 Å². The van der Waals surface area contributed by atoms with E-state index in [1.165, 1.54) is 12.1 Å². The Balaban J connectivity index is 1.66. The van der Waals surface area contributed by atoms with Crippen LogP contribution < -0.4 is 14.8 Å². The van der Waals surface area contributed by atoms with Crippen molar-refractivity contribution in [3.05, 3.63) is 77.4 Å². The highest BCUT2D eigenvalue weighted by molar-refractivity contribution is 7.89. The van der Waals surface area contributed by atoms with Gasteiger partial charge in [0.15, 0.2) is 0 Å². The van der Waals surface area contributed by atoms with Gasteiger partial charge in [0.05, 0.1) is 12.0 Å². The first-order chi connectivity index (χ1) is 15.3. The lowest BCUT2D eigenvalue weighted by molar-refractivity contribution is 0.0940. The summed E-state index contributed by atoms with van der Waals surface area (Å²) in [6.07, 6.45) is 5.15. The average Bonchev–Trinajstić information content (AvgIpc) is 3.48. The van der Waals surface area contributed by atoms with Crippen molar-refractivity contribution in [3.63, 3.8) is 0 Å². The molecule has 0 bridgehead atoms. The predicted molar refractivity (Wildman–Crippen MR) is 120 cm³/mol. The van der Waals surface area contributed by atoms with Crippen LogP contribution in [0.3, 0.4) is 0 Å². The molecule has 3 aromatic rings. The van der Waals surface area contributed by atoms with E-state index in [2.05, 4.69) is 15.0 Å². The van der Waals surface area contributed by atoms with Gasteiger partial charge in [-0.2, -0.15) is 0 Å². The van der Waals surface area contributed by atoms with Crippen molar-refractivity contribution in [1.29, 1.82) is 0 Å². The first-order valence-corrected chi connectivity index (χ1v) is 11.8. The highest BCUT2D eigenvalue weighted by Crippen LogP contribution is 2.26. The molecule has 1 heterocycles. The van der Waals surface area contributed by atoms with Crippen LogP contribution in [0.2, 0.25) is 0 Å². The Bertz CT molecular complexity index is 1230. The topological polar surface area (TPSA) is 102 Å². The van der Waals surface area contributed by atoms with Gasteiger partial charge in [-0.05, 0) is 55.2 Å². The van der Waals surface area contributed by atoms with Crippen LogP contribution in [0.1, 0.15) is 46.2 Å². The summed E-state index contributed by atoms with van der Waals surface area (Å²) >= 11 is 0. The lowest BCUT2D eigenvalue weighted by Gasteiger charge is -2.20. The van der Waals surface area contributed by atoms with Gasteiger partial charge in [0.2, 0.25) is 10.0 Å². The lowest BCUT2D eigenvalue weighted by atomic mass is 10.0. The number of hydrogen-bond donors (Lipinski definition) is 2. The van der Waals surface area contributed by atoms with E-state index >= 15 is 0 Å². The van der Waals surface area contributed by atoms with Crippen molar-refractivity contribution in [2.24, 2.45) is 7.05 Å². The molecule has 1 aliphatic carbocycles. The summed E-state index contributed by atoms with van der Waals surface area (Å²) in [5, 5.41) is 3.02. The van der Waals surface area contributed by atoms with E-state index in [1.54, 1.807) is 32.5 Å². The van der Waals surface area contributed by atoms with Crippen molar-refractivity contribution in [1.82, 2.24) is 19.6 Å². The predicted octanol–water partition coefficient (Wildman–Crippen LogP) is 2.70. The van der Waals surface area contributed by atoms with Crippen LogP contribution in [-0.2, 0) is 17.1 Å². The Hall–Kier alpha value is -3.17. The summed E-state index contributed by atoms with van der Waals surface area (Å²) in [4.78, 5) is 17.8. The molecule has 168 valence electrons. The number of hydrogen-bond acceptors (Lipinski definition) is 5. The Morgan fingerprint density at radius 1 is 1.19 bits per heavy atom. The molecule has 2 N–H and O–H groups in total.